The summed E-state index contributed by atoms with van der Waals surface area (Å²) >= 11 is 0. The summed E-state index contributed by atoms with van der Waals surface area (Å²) in [5.41, 5.74) is -0.385. The van der Waals surface area contributed by atoms with E-state index in [4.69, 9.17) is 5.11 Å². The molecule has 0 fully saturated rings. The fourth-order valence-electron chi connectivity index (χ4n) is 0.913. The lowest BCUT2D eigenvalue weighted by Crippen LogP contribution is -1.95. The second kappa shape index (κ2) is 3.58. The molecular formula is C8H7F3O. The summed E-state index contributed by atoms with van der Waals surface area (Å²) in [6, 6.07) is 2.92. The number of alkyl halides is 2. The average Bonchev–Trinajstić information content (AvgIpc) is 2.04. The Morgan fingerprint density at radius 2 is 2.00 bits per heavy atom. The number of hydrogen-bond donors (Lipinski definition) is 1. The number of benzene rings is 1. The Balaban J connectivity index is 3.12. The van der Waals surface area contributed by atoms with Crippen LogP contribution in [0.5, 0.6) is 0 Å². The Morgan fingerprint density at radius 1 is 1.33 bits per heavy atom. The molecule has 0 saturated heterocycles. The zero-order chi connectivity index (χ0) is 9.14. The van der Waals surface area contributed by atoms with Crippen molar-refractivity contribution in [2.45, 2.75) is 13.0 Å². The van der Waals surface area contributed by atoms with Gasteiger partial charge in [-0.25, -0.2) is 13.2 Å². The van der Waals surface area contributed by atoms with Gasteiger partial charge in [-0.05, 0) is 17.7 Å². The third-order valence-corrected chi connectivity index (χ3v) is 1.51. The highest BCUT2D eigenvalue weighted by atomic mass is 19.3. The van der Waals surface area contributed by atoms with Crippen LogP contribution in [0.1, 0.15) is 17.6 Å². The fourth-order valence-corrected chi connectivity index (χ4v) is 0.913. The van der Waals surface area contributed by atoms with Gasteiger partial charge in [0.15, 0.2) is 0 Å². The molecule has 0 atom stereocenters. The lowest BCUT2D eigenvalue weighted by Gasteiger charge is -2.05. The number of aliphatic hydroxyl groups is 1. The second-order valence-electron chi connectivity index (χ2n) is 2.30. The predicted octanol–water partition coefficient (Wildman–Crippen LogP) is 2.26. The molecule has 1 aromatic rings. The molecule has 0 aromatic heterocycles. The van der Waals surface area contributed by atoms with E-state index in [9.17, 15) is 13.2 Å². The molecule has 1 N–H and O–H groups in total. The van der Waals surface area contributed by atoms with Gasteiger partial charge in [-0.1, -0.05) is 6.07 Å². The second-order valence-corrected chi connectivity index (χ2v) is 2.30. The number of halogens is 3. The van der Waals surface area contributed by atoms with E-state index in [1.54, 1.807) is 0 Å². The summed E-state index contributed by atoms with van der Waals surface area (Å²) in [5.74, 6) is -0.720. The van der Waals surface area contributed by atoms with Gasteiger partial charge in [0.2, 0.25) is 0 Å². The van der Waals surface area contributed by atoms with Gasteiger partial charge in [0.1, 0.15) is 5.82 Å². The van der Waals surface area contributed by atoms with Crippen LogP contribution >= 0.6 is 0 Å². The highest BCUT2D eigenvalue weighted by Gasteiger charge is 2.12. The van der Waals surface area contributed by atoms with Gasteiger partial charge in [0.05, 0.1) is 6.61 Å². The molecule has 0 aliphatic carbocycles. The standard InChI is InChI=1S/C8H7F3O/c9-6-2-1-5(4-12)7(3-6)8(10)11/h1-3,8,12H,4H2. The van der Waals surface area contributed by atoms with Crippen LogP contribution in [-0.4, -0.2) is 5.11 Å². The summed E-state index contributed by atoms with van der Waals surface area (Å²) in [4.78, 5) is 0. The van der Waals surface area contributed by atoms with Gasteiger partial charge in [-0.2, -0.15) is 0 Å². The van der Waals surface area contributed by atoms with Crippen molar-refractivity contribution in [3.05, 3.63) is 35.1 Å². The van der Waals surface area contributed by atoms with Crippen LogP contribution in [-0.2, 0) is 6.61 Å². The Hall–Kier alpha value is -1.03. The lowest BCUT2D eigenvalue weighted by molar-refractivity contribution is 0.146. The van der Waals surface area contributed by atoms with E-state index in [1.807, 2.05) is 0 Å². The first-order valence-electron chi connectivity index (χ1n) is 3.32. The average molecular weight is 176 g/mol. The van der Waals surface area contributed by atoms with Crippen molar-refractivity contribution in [1.29, 1.82) is 0 Å². The predicted molar refractivity (Wildman–Crippen MR) is 37.3 cm³/mol. The largest absolute Gasteiger partial charge is 0.392 e. The van der Waals surface area contributed by atoms with E-state index in [2.05, 4.69) is 0 Å². The summed E-state index contributed by atoms with van der Waals surface area (Å²) in [7, 11) is 0. The highest BCUT2D eigenvalue weighted by molar-refractivity contribution is 5.28. The third kappa shape index (κ3) is 1.76. The molecule has 66 valence electrons. The molecule has 0 aliphatic rings. The van der Waals surface area contributed by atoms with E-state index in [-0.39, 0.29) is 5.56 Å². The Labute approximate surface area is 67.5 Å². The van der Waals surface area contributed by atoms with Crippen molar-refractivity contribution in [1.82, 2.24) is 0 Å². The van der Waals surface area contributed by atoms with Crippen molar-refractivity contribution in [3.63, 3.8) is 0 Å². The van der Waals surface area contributed by atoms with Gasteiger partial charge >= 0.3 is 0 Å². The first-order valence-corrected chi connectivity index (χ1v) is 3.32. The summed E-state index contributed by atoms with van der Waals surface area (Å²) in [6.07, 6.45) is -2.75. The SMILES string of the molecule is OCc1ccc(F)cc1C(F)F. The molecule has 0 unspecified atom stereocenters. The molecule has 0 bridgehead atoms. The minimum absolute atomic E-state index is 0.0615. The van der Waals surface area contributed by atoms with Gasteiger partial charge in [0, 0.05) is 5.56 Å². The molecule has 12 heavy (non-hydrogen) atoms. The molecule has 1 rings (SSSR count). The van der Waals surface area contributed by atoms with Crippen LogP contribution in [0.2, 0.25) is 0 Å². The van der Waals surface area contributed by atoms with E-state index in [0.717, 1.165) is 18.2 Å². The maximum Gasteiger partial charge on any atom is 0.264 e. The summed E-state index contributed by atoms with van der Waals surface area (Å²) in [5, 5.41) is 8.60. The maximum atomic E-state index is 12.4. The van der Waals surface area contributed by atoms with E-state index >= 15 is 0 Å². The first kappa shape index (κ1) is 9.06. The van der Waals surface area contributed by atoms with Gasteiger partial charge < -0.3 is 5.11 Å². The molecule has 0 spiro atoms. The first-order chi connectivity index (χ1) is 5.65. The summed E-state index contributed by atoms with van der Waals surface area (Å²) < 4.78 is 36.7. The molecule has 0 saturated carbocycles. The molecule has 0 heterocycles. The third-order valence-electron chi connectivity index (χ3n) is 1.51. The van der Waals surface area contributed by atoms with Gasteiger partial charge in [-0.3, -0.25) is 0 Å². The van der Waals surface area contributed by atoms with E-state index in [1.165, 1.54) is 0 Å². The molecule has 1 nitrogen and oxygen atoms in total. The monoisotopic (exact) mass is 176 g/mol. The smallest absolute Gasteiger partial charge is 0.264 e. The molecule has 0 aliphatic heterocycles. The molecular weight excluding hydrogens is 169 g/mol. The van der Waals surface area contributed by atoms with Crippen LogP contribution in [0.25, 0.3) is 0 Å². The molecule has 0 radical (unpaired) electrons. The van der Waals surface area contributed by atoms with Crippen LogP contribution in [0.4, 0.5) is 13.2 Å². The van der Waals surface area contributed by atoms with Crippen molar-refractivity contribution >= 4 is 0 Å². The van der Waals surface area contributed by atoms with E-state index in [0.29, 0.717) is 0 Å². The molecule has 1 aromatic carbocycles. The number of rotatable bonds is 2. The quantitative estimate of drug-likeness (QED) is 0.732. The van der Waals surface area contributed by atoms with E-state index < -0.39 is 24.4 Å². The molecule has 4 heteroatoms. The van der Waals surface area contributed by atoms with Crippen LogP contribution in [0.15, 0.2) is 18.2 Å². The number of hydrogen-bond acceptors (Lipinski definition) is 1. The summed E-state index contributed by atoms with van der Waals surface area (Å²) in [6.45, 7) is -0.500. The van der Waals surface area contributed by atoms with Crippen molar-refractivity contribution < 1.29 is 18.3 Å². The Morgan fingerprint density at radius 3 is 2.50 bits per heavy atom. The maximum absolute atomic E-state index is 12.4. The Bertz CT molecular complexity index is 273. The number of aliphatic hydroxyl groups excluding tert-OH is 1. The minimum Gasteiger partial charge on any atom is -0.392 e. The Kier molecular flexibility index (Phi) is 2.70. The zero-order valence-corrected chi connectivity index (χ0v) is 6.10. The van der Waals surface area contributed by atoms with Crippen LogP contribution in [0, 0.1) is 5.82 Å². The highest BCUT2D eigenvalue weighted by Crippen LogP contribution is 2.23. The van der Waals surface area contributed by atoms with Gasteiger partial charge in [0.25, 0.3) is 6.43 Å². The van der Waals surface area contributed by atoms with Crippen molar-refractivity contribution in [3.8, 4) is 0 Å². The lowest BCUT2D eigenvalue weighted by atomic mass is 10.1. The fraction of sp³-hybridized carbons (Fsp3) is 0.250. The normalized spacial score (nSPS) is 10.8. The minimum atomic E-state index is -2.75. The van der Waals surface area contributed by atoms with Crippen LogP contribution < -0.4 is 0 Å². The van der Waals surface area contributed by atoms with Crippen molar-refractivity contribution in [2.75, 3.05) is 0 Å². The molecule has 0 amide bonds. The van der Waals surface area contributed by atoms with Gasteiger partial charge in [-0.15, -0.1) is 0 Å². The topological polar surface area (TPSA) is 20.2 Å². The zero-order valence-electron chi connectivity index (χ0n) is 6.10. The van der Waals surface area contributed by atoms with Crippen molar-refractivity contribution in [2.24, 2.45) is 0 Å². The van der Waals surface area contributed by atoms with Crippen LogP contribution in [0.3, 0.4) is 0 Å².